The molecular weight excluding hydrogens is 322 g/mol. The average molecular weight is 363 g/mol. The second-order valence-corrected chi connectivity index (χ2v) is 7.65. The van der Waals surface area contributed by atoms with Gasteiger partial charge in [0.2, 0.25) is 0 Å². The van der Waals surface area contributed by atoms with Crippen LogP contribution in [-0.2, 0) is 18.3 Å². The second kappa shape index (κ2) is 15.8. The zero-order valence-corrected chi connectivity index (χ0v) is 16.9. The summed E-state index contributed by atoms with van der Waals surface area (Å²) >= 11 is 0. The number of carbonyl (C=O) groups is 1. The fourth-order valence-electron chi connectivity index (χ4n) is 3.52. The highest BCUT2D eigenvalue weighted by molar-refractivity contribution is 5.66. The fourth-order valence-corrected chi connectivity index (χ4v) is 3.52. The Kier molecular flexibility index (Phi) is 13.8. The monoisotopic (exact) mass is 362 g/mol. The molecule has 1 heterocycles. The molecule has 0 atom stereocenters. The average Bonchev–Trinajstić information content (AvgIpc) is 2.62. The van der Waals surface area contributed by atoms with Gasteiger partial charge in [-0.15, -0.1) is 0 Å². The van der Waals surface area contributed by atoms with Crippen LogP contribution < -0.4 is 4.57 Å². The number of aryl methyl sites for hydroxylation is 2. The second-order valence-electron chi connectivity index (χ2n) is 7.65. The van der Waals surface area contributed by atoms with Crippen molar-refractivity contribution in [1.82, 2.24) is 0 Å². The smallest absolute Gasteiger partial charge is 0.303 e. The van der Waals surface area contributed by atoms with E-state index in [1.165, 1.54) is 89.2 Å². The summed E-state index contributed by atoms with van der Waals surface area (Å²) in [5.41, 5.74) is 1.44. The van der Waals surface area contributed by atoms with E-state index in [1.807, 2.05) is 0 Å². The Morgan fingerprint density at radius 3 is 1.69 bits per heavy atom. The highest BCUT2D eigenvalue weighted by Gasteiger charge is 2.03. The zero-order chi connectivity index (χ0) is 18.9. The lowest BCUT2D eigenvalue weighted by molar-refractivity contribution is -0.679. The number of aromatic nitrogens is 1. The maximum absolute atomic E-state index is 10.4. The molecule has 1 rings (SSSR count). The van der Waals surface area contributed by atoms with Gasteiger partial charge in [-0.05, 0) is 12.8 Å². The first-order valence-electron chi connectivity index (χ1n) is 10.9. The molecule has 0 aliphatic carbocycles. The van der Waals surface area contributed by atoms with E-state index >= 15 is 0 Å². The van der Waals surface area contributed by atoms with Crippen molar-refractivity contribution in [1.29, 1.82) is 0 Å². The van der Waals surface area contributed by atoms with Crippen molar-refractivity contribution in [2.24, 2.45) is 7.05 Å². The minimum atomic E-state index is -0.657. The highest BCUT2D eigenvalue weighted by Crippen LogP contribution is 2.13. The third-order valence-electron chi connectivity index (χ3n) is 5.24. The highest BCUT2D eigenvalue weighted by atomic mass is 16.4. The SMILES string of the molecule is C[n+]1ccccc1CCCCCCCCCCCCCCCCC(=O)O. The van der Waals surface area contributed by atoms with Crippen LogP contribution in [0.15, 0.2) is 24.4 Å². The summed E-state index contributed by atoms with van der Waals surface area (Å²) in [6, 6.07) is 6.46. The van der Waals surface area contributed by atoms with Crippen molar-refractivity contribution < 1.29 is 14.5 Å². The summed E-state index contributed by atoms with van der Waals surface area (Å²) in [5.74, 6) is -0.657. The number of hydrogen-bond acceptors (Lipinski definition) is 1. The topological polar surface area (TPSA) is 41.2 Å². The molecule has 0 radical (unpaired) electrons. The molecule has 0 amide bonds. The third kappa shape index (κ3) is 12.9. The van der Waals surface area contributed by atoms with Crippen molar-refractivity contribution in [2.75, 3.05) is 0 Å². The molecule has 1 aromatic rings. The van der Waals surface area contributed by atoms with Crippen LogP contribution in [0, 0.1) is 0 Å². The molecule has 0 unspecified atom stereocenters. The summed E-state index contributed by atoms with van der Waals surface area (Å²) in [5, 5.41) is 8.57. The van der Waals surface area contributed by atoms with E-state index in [-0.39, 0.29) is 0 Å². The Morgan fingerprint density at radius 1 is 0.769 bits per heavy atom. The lowest BCUT2D eigenvalue weighted by Crippen LogP contribution is -2.32. The molecule has 0 spiro atoms. The molecule has 1 aromatic heterocycles. The number of carboxylic acid groups (broad SMARTS) is 1. The quantitative estimate of drug-likeness (QED) is 0.273. The lowest BCUT2D eigenvalue weighted by Gasteiger charge is -2.03. The molecule has 0 aliphatic heterocycles. The van der Waals surface area contributed by atoms with Crippen LogP contribution in [0.2, 0.25) is 0 Å². The molecule has 148 valence electrons. The number of unbranched alkanes of at least 4 members (excludes halogenated alkanes) is 13. The van der Waals surface area contributed by atoms with Gasteiger partial charge in [0.1, 0.15) is 7.05 Å². The van der Waals surface area contributed by atoms with E-state index in [0.29, 0.717) is 6.42 Å². The summed E-state index contributed by atoms with van der Waals surface area (Å²) in [7, 11) is 2.13. The molecule has 0 saturated heterocycles. The van der Waals surface area contributed by atoms with Crippen molar-refractivity contribution in [3.05, 3.63) is 30.1 Å². The largest absolute Gasteiger partial charge is 0.481 e. The first kappa shape index (κ1) is 22.7. The van der Waals surface area contributed by atoms with Crippen LogP contribution in [0.3, 0.4) is 0 Å². The van der Waals surface area contributed by atoms with Crippen molar-refractivity contribution in [3.63, 3.8) is 0 Å². The van der Waals surface area contributed by atoms with Crippen molar-refractivity contribution in [2.45, 2.75) is 103 Å². The van der Waals surface area contributed by atoms with Gasteiger partial charge in [0.15, 0.2) is 11.9 Å². The standard InChI is InChI=1S/C23H39NO2/c1-24-21-17-16-19-22(24)18-14-12-10-8-6-4-2-3-5-7-9-11-13-15-20-23(25)26/h16-17,19,21H,2-15,18,20H2,1H3/p+1. The summed E-state index contributed by atoms with van der Waals surface area (Å²) < 4.78 is 2.23. The number of pyridine rings is 1. The first-order chi connectivity index (χ1) is 12.7. The van der Waals surface area contributed by atoms with Gasteiger partial charge in [-0.1, -0.05) is 83.1 Å². The van der Waals surface area contributed by atoms with E-state index in [2.05, 4.69) is 36.0 Å². The summed E-state index contributed by atoms with van der Waals surface area (Å²) in [6.07, 6.45) is 21.8. The third-order valence-corrected chi connectivity index (χ3v) is 5.24. The molecule has 0 saturated carbocycles. The molecule has 3 heteroatoms. The van der Waals surface area contributed by atoms with E-state index in [4.69, 9.17) is 5.11 Å². The van der Waals surface area contributed by atoms with E-state index in [9.17, 15) is 4.79 Å². The molecule has 0 bridgehead atoms. The van der Waals surface area contributed by atoms with E-state index in [1.54, 1.807) is 0 Å². The van der Waals surface area contributed by atoms with E-state index < -0.39 is 5.97 Å². The number of carboxylic acids is 1. The summed E-state index contributed by atoms with van der Waals surface area (Å²) in [4.78, 5) is 10.4. The minimum absolute atomic E-state index is 0.338. The van der Waals surface area contributed by atoms with Crippen LogP contribution in [0.25, 0.3) is 0 Å². The maximum atomic E-state index is 10.4. The predicted octanol–water partition coefficient (Wildman–Crippen LogP) is 5.99. The summed E-state index contributed by atoms with van der Waals surface area (Å²) in [6.45, 7) is 0. The Labute approximate surface area is 160 Å². The molecule has 1 N–H and O–H groups in total. The molecule has 26 heavy (non-hydrogen) atoms. The van der Waals surface area contributed by atoms with Crippen LogP contribution in [-0.4, -0.2) is 11.1 Å². The van der Waals surface area contributed by atoms with Crippen molar-refractivity contribution in [3.8, 4) is 0 Å². The maximum Gasteiger partial charge on any atom is 0.303 e. The molecule has 0 fully saturated rings. The number of hydrogen-bond donors (Lipinski definition) is 1. The van der Waals surface area contributed by atoms with Gasteiger partial charge in [-0.25, -0.2) is 4.57 Å². The zero-order valence-electron chi connectivity index (χ0n) is 16.9. The lowest BCUT2D eigenvalue weighted by atomic mass is 10.0. The van der Waals surface area contributed by atoms with Gasteiger partial charge in [0.05, 0.1) is 0 Å². The van der Waals surface area contributed by atoms with Crippen molar-refractivity contribution >= 4 is 5.97 Å². The normalized spacial score (nSPS) is 11.0. The van der Waals surface area contributed by atoms with Gasteiger partial charge in [-0.2, -0.15) is 0 Å². The number of nitrogens with zero attached hydrogens (tertiary/aromatic N) is 1. The van der Waals surface area contributed by atoms with Gasteiger partial charge in [0, 0.05) is 25.0 Å². The van der Waals surface area contributed by atoms with Crippen LogP contribution in [0.1, 0.15) is 102 Å². The Morgan fingerprint density at radius 2 is 1.23 bits per heavy atom. The Balaban J connectivity index is 1.76. The fraction of sp³-hybridized carbons (Fsp3) is 0.739. The Bertz CT molecular complexity index is 473. The van der Waals surface area contributed by atoms with Gasteiger partial charge in [0.25, 0.3) is 0 Å². The predicted molar refractivity (Wildman–Crippen MR) is 108 cm³/mol. The number of rotatable bonds is 17. The Hall–Kier alpha value is -1.38. The molecule has 0 aliphatic rings. The minimum Gasteiger partial charge on any atom is -0.481 e. The molecule has 3 nitrogen and oxygen atoms in total. The van der Waals surface area contributed by atoms with E-state index in [0.717, 1.165) is 12.8 Å². The first-order valence-corrected chi connectivity index (χ1v) is 10.9. The molecular formula is C23H40NO2+. The van der Waals surface area contributed by atoms with Crippen LogP contribution >= 0.6 is 0 Å². The van der Waals surface area contributed by atoms with Gasteiger partial charge in [-0.3, -0.25) is 4.79 Å². The number of aliphatic carboxylic acids is 1. The molecule has 0 aromatic carbocycles. The van der Waals surface area contributed by atoms with Gasteiger partial charge >= 0.3 is 5.97 Å². The van der Waals surface area contributed by atoms with Gasteiger partial charge < -0.3 is 5.11 Å². The van der Waals surface area contributed by atoms with Crippen LogP contribution in [0.4, 0.5) is 0 Å². The van der Waals surface area contributed by atoms with Crippen LogP contribution in [0.5, 0.6) is 0 Å².